The van der Waals surface area contributed by atoms with Crippen LogP contribution in [0.5, 0.6) is 0 Å². The van der Waals surface area contributed by atoms with Gasteiger partial charge in [-0.2, -0.15) is 5.26 Å². The molecule has 1 aliphatic carbocycles. The molecule has 5 heteroatoms. The molecule has 94 valence electrons. The molecule has 0 aromatic heterocycles. The molecule has 0 unspecified atom stereocenters. The van der Waals surface area contributed by atoms with Gasteiger partial charge in [0.1, 0.15) is 11.2 Å². The molecule has 1 aromatic carbocycles. The number of hydrogen-bond donors (Lipinski definition) is 1. The normalized spacial score (nSPS) is 26.0. The van der Waals surface area contributed by atoms with E-state index in [9.17, 15) is 9.18 Å². The van der Waals surface area contributed by atoms with Gasteiger partial charge in [-0.1, -0.05) is 22.9 Å². The zero-order valence-electron chi connectivity index (χ0n) is 9.84. The van der Waals surface area contributed by atoms with Crippen LogP contribution in [-0.4, -0.2) is 5.91 Å². The second-order valence-electron chi connectivity index (χ2n) is 4.79. The van der Waals surface area contributed by atoms with Crippen LogP contribution in [0.1, 0.15) is 19.8 Å². The summed E-state index contributed by atoms with van der Waals surface area (Å²) < 4.78 is 14.2. The first-order chi connectivity index (χ1) is 8.47. The maximum absolute atomic E-state index is 13.5. The van der Waals surface area contributed by atoms with E-state index in [1.807, 2.05) is 6.92 Å². The summed E-state index contributed by atoms with van der Waals surface area (Å²) >= 11 is 3.21. The lowest BCUT2D eigenvalue weighted by molar-refractivity contribution is -0.128. The molecule has 1 N–H and O–H groups in total. The molecule has 0 spiro atoms. The van der Waals surface area contributed by atoms with Gasteiger partial charge < -0.3 is 5.32 Å². The van der Waals surface area contributed by atoms with E-state index in [-0.39, 0.29) is 5.69 Å². The van der Waals surface area contributed by atoms with Gasteiger partial charge in [0.25, 0.3) is 0 Å². The maximum atomic E-state index is 13.5. The average molecular weight is 311 g/mol. The first-order valence-corrected chi connectivity index (χ1v) is 6.44. The summed E-state index contributed by atoms with van der Waals surface area (Å²) in [6, 6.07) is 6.36. The van der Waals surface area contributed by atoms with E-state index in [0.29, 0.717) is 23.2 Å². The number of nitrogens with one attached hydrogen (secondary N) is 1. The van der Waals surface area contributed by atoms with E-state index in [0.717, 1.165) is 0 Å². The van der Waals surface area contributed by atoms with E-state index >= 15 is 0 Å². The highest BCUT2D eigenvalue weighted by Crippen LogP contribution is 2.45. The number of halogens is 2. The number of rotatable bonds is 2. The lowest BCUT2D eigenvalue weighted by Crippen LogP contribution is -2.45. The predicted octanol–water partition coefficient (Wildman–Crippen LogP) is 3.47. The Labute approximate surface area is 113 Å². The van der Waals surface area contributed by atoms with Crippen molar-refractivity contribution in [2.24, 2.45) is 11.3 Å². The summed E-state index contributed by atoms with van der Waals surface area (Å²) in [5.41, 5.74) is -0.891. The fraction of sp³-hybridized carbons (Fsp3) is 0.385. The van der Waals surface area contributed by atoms with Crippen LogP contribution in [0.25, 0.3) is 0 Å². The lowest BCUT2D eigenvalue weighted by Gasteiger charge is -2.39. The predicted molar refractivity (Wildman–Crippen MR) is 69.2 cm³/mol. The molecule has 1 fully saturated rings. The highest BCUT2D eigenvalue weighted by Gasteiger charge is 2.49. The number of benzene rings is 1. The van der Waals surface area contributed by atoms with Gasteiger partial charge in [-0.15, -0.1) is 0 Å². The molecule has 0 aliphatic heterocycles. The van der Waals surface area contributed by atoms with Gasteiger partial charge in [-0.3, -0.25) is 4.79 Å². The van der Waals surface area contributed by atoms with Crippen LogP contribution in [0.4, 0.5) is 10.1 Å². The standard InChI is InChI=1S/C13H12BrFN2O/c1-8-5-13(6-8,7-16)12(18)17-11-4-9(14)2-3-10(11)15/h2-4,8H,5-6H2,1H3,(H,17,18). The molecule has 1 amide bonds. The Morgan fingerprint density at radius 3 is 2.83 bits per heavy atom. The van der Waals surface area contributed by atoms with E-state index in [4.69, 9.17) is 5.26 Å². The van der Waals surface area contributed by atoms with Crippen LogP contribution in [-0.2, 0) is 4.79 Å². The number of carbonyl (C=O) groups excluding carboxylic acids is 1. The maximum Gasteiger partial charge on any atom is 0.244 e. The molecule has 0 bridgehead atoms. The number of hydrogen-bond acceptors (Lipinski definition) is 2. The van der Waals surface area contributed by atoms with Crippen LogP contribution < -0.4 is 5.32 Å². The van der Waals surface area contributed by atoms with Gasteiger partial charge in [-0.05, 0) is 37.0 Å². The Bertz CT molecular complexity index is 532. The summed E-state index contributed by atoms with van der Waals surface area (Å²) in [5, 5.41) is 11.6. The van der Waals surface area contributed by atoms with Crippen molar-refractivity contribution in [3.8, 4) is 6.07 Å². The number of carbonyl (C=O) groups is 1. The van der Waals surface area contributed by atoms with Crippen molar-refractivity contribution in [2.75, 3.05) is 5.32 Å². The van der Waals surface area contributed by atoms with E-state index < -0.39 is 17.1 Å². The van der Waals surface area contributed by atoms with Gasteiger partial charge in [0.2, 0.25) is 5.91 Å². The van der Waals surface area contributed by atoms with Crippen molar-refractivity contribution in [3.05, 3.63) is 28.5 Å². The van der Waals surface area contributed by atoms with E-state index in [1.54, 1.807) is 6.07 Å². The molecule has 0 radical (unpaired) electrons. The Morgan fingerprint density at radius 1 is 1.61 bits per heavy atom. The Hall–Kier alpha value is -1.41. The minimum atomic E-state index is -0.992. The summed E-state index contributed by atoms with van der Waals surface area (Å²) in [5.74, 6) is -0.560. The van der Waals surface area contributed by atoms with Crippen molar-refractivity contribution in [1.29, 1.82) is 5.26 Å². The topological polar surface area (TPSA) is 52.9 Å². The average Bonchev–Trinajstić information content (AvgIpc) is 2.29. The van der Waals surface area contributed by atoms with Crippen molar-refractivity contribution < 1.29 is 9.18 Å². The second-order valence-corrected chi connectivity index (χ2v) is 5.70. The van der Waals surface area contributed by atoms with Crippen molar-refractivity contribution in [2.45, 2.75) is 19.8 Å². The summed E-state index contributed by atoms with van der Waals surface area (Å²) in [6.07, 6.45) is 1.07. The third-order valence-electron chi connectivity index (χ3n) is 3.22. The fourth-order valence-electron chi connectivity index (χ4n) is 2.29. The lowest BCUT2D eigenvalue weighted by atomic mass is 9.63. The Balaban J connectivity index is 2.17. The van der Waals surface area contributed by atoms with Crippen molar-refractivity contribution in [3.63, 3.8) is 0 Å². The largest absolute Gasteiger partial charge is 0.322 e. The van der Waals surface area contributed by atoms with E-state index in [1.165, 1.54) is 12.1 Å². The molecule has 1 saturated carbocycles. The van der Waals surface area contributed by atoms with Crippen LogP contribution in [0.15, 0.2) is 22.7 Å². The third-order valence-corrected chi connectivity index (χ3v) is 3.71. The number of nitriles is 1. The molecule has 0 heterocycles. The molecular formula is C13H12BrFN2O. The summed E-state index contributed by atoms with van der Waals surface area (Å²) in [4.78, 5) is 12.0. The minimum Gasteiger partial charge on any atom is -0.322 e. The number of amides is 1. The monoisotopic (exact) mass is 310 g/mol. The Kier molecular flexibility index (Phi) is 3.40. The van der Waals surface area contributed by atoms with Crippen LogP contribution in [0, 0.1) is 28.5 Å². The first-order valence-electron chi connectivity index (χ1n) is 5.64. The molecule has 1 aromatic rings. The fourth-order valence-corrected chi connectivity index (χ4v) is 2.65. The van der Waals surface area contributed by atoms with Gasteiger partial charge in [0.15, 0.2) is 0 Å². The van der Waals surface area contributed by atoms with Gasteiger partial charge in [0.05, 0.1) is 11.8 Å². The number of anilines is 1. The summed E-state index contributed by atoms with van der Waals surface area (Å²) in [6.45, 7) is 1.99. The molecule has 18 heavy (non-hydrogen) atoms. The highest BCUT2D eigenvalue weighted by molar-refractivity contribution is 9.10. The zero-order valence-corrected chi connectivity index (χ0v) is 11.4. The van der Waals surface area contributed by atoms with E-state index in [2.05, 4.69) is 27.3 Å². The minimum absolute atomic E-state index is 0.101. The quantitative estimate of drug-likeness (QED) is 0.909. The smallest absolute Gasteiger partial charge is 0.244 e. The number of nitrogens with zero attached hydrogens (tertiary/aromatic N) is 1. The van der Waals surface area contributed by atoms with Crippen LogP contribution in [0.2, 0.25) is 0 Å². The van der Waals surface area contributed by atoms with Crippen molar-refractivity contribution >= 4 is 27.5 Å². The highest BCUT2D eigenvalue weighted by atomic mass is 79.9. The zero-order chi connectivity index (χ0) is 13.3. The molecule has 1 aliphatic rings. The van der Waals surface area contributed by atoms with Gasteiger partial charge >= 0.3 is 0 Å². The first kappa shape index (κ1) is 13.0. The van der Waals surface area contributed by atoms with Crippen LogP contribution >= 0.6 is 15.9 Å². The van der Waals surface area contributed by atoms with Crippen LogP contribution in [0.3, 0.4) is 0 Å². The van der Waals surface area contributed by atoms with Gasteiger partial charge in [0, 0.05) is 4.47 Å². The summed E-state index contributed by atoms with van der Waals surface area (Å²) in [7, 11) is 0. The molecule has 2 rings (SSSR count). The molecule has 3 nitrogen and oxygen atoms in total. The molecule has 0 atom stereocenters. The molecular weight excluding hydrogens is 299 g/mol. The third kappa shape index (κ3) is 2.25. The SMILES string of the molecule is CC1CC(C#N)(C(=O)Nc2cc(Br)ccc2F)C1. The molecule has 0 saturated heterocycles. The van der Waals surface area contributed by atoms with Gasteiger partial charge in [-0.25, -0.2) is 4.39 Å². The van der Waals surface area contributed by atoms with Crippen molar-refractivity contribution in [1.82, 2.24) is 0 Å². The second kappa shape index (κ2) is 4.69. The Morgan fingerprint density at radius 2 is 2.28 bits per heavy atom.